The van der Waals surface area contributed by atoms with Gasteiger partial charge in [0.2, 0.25) is 0 Å². The van der Waals surface area contributed by atoms with E-state index in [0.717, 1.165) is 55.7 Å². The zero-order valence-electron chi connectivity index (χ0n) is 15.8. The molecule has 0 unspecified atom stereocenters. The van der Waals surface area contributed by atoms with Crippen molar-refractivity contribution in [3.05, 3.63) is 66.9 Å². The quantitative estimate of drug-likeness (QED) is 0.680. The molecule has 0 radical (unpaired) electrons. The maximum atomic E-state index is 5.86. The van der Waals surface area contributed by atoms with Crippen LogP contribution in [-0.4, -0.2) is 54.3 Å². The summed E-state index contributed by atoms with van der Waals surface area (Å²) in [5.41, 5.74) is 1.95. The number of morpholine rings is 1. The number of aromatic nitrogens is 2. The van der Waals surface area contributed by atoms with Gasteiger partial charge in [-0.1, -0.05) is 30.3 Å². The molecule has 0 saturated carbocycles. The zero-order chi connectivity index (χ0) is 19.0. The average Bonchev–Trinajstić information content (AvgIpc) is 2.77. The molecule has 0 spiro atoms. The van der Waals surface area contributed by atoms with Crippen molar-refractivity contribution < 1.29 is 9.47 Å². The minimum absolute atomic E-state index is 0.680. The van der Waals surface area contributed by atoms with Gasteiger partial charge in [0.25, 0.3) is 0 Å². The van der Waals surface area contributed by atoms with Crippen molar-refractivity contribution in [3.63, 3.8) is 0 Å². The maximum Gasteiger partial charge on any atom is 0.161 e. The lowest BCUT2D eigenvalue weighted by Crippen LogP contribution is -2.38. The largest absolute Gasteiger partial charge is 0.492 e. The van der Waals surface area contributed by atoms with E-state index in [9.17, 15) is 0 Å². The second-order valence-corrected chi connectivity index (χ2v) is 6.58. The molecule has 28 heavy (non-hydrogen) atoms. The third kappa shape index (κ3) is 5.06. The van der Waals surface area contributed by atoms with Gasteiger partial charge in [-0.05, 0) is 30.3 Å². The van der Waals surface area contributed by atoms with Crippen LogP contribution in [0.4, 0.5) is 11.5 Å². The van der Waals surface area contributed by atoms with Gasteiger partial charge in [0.1, 0.15) is 18.2 Å². The van der Waals surface area contributed by atoms with Gasteiger partial charge in [0, 0.05) is 37.1 Å². The number of hydrogen-bond acceptors (Lipinski definition) is 6. The molecule has 144 valence electrons. The van der Waals surface area contributed by atoms with Gasteiger partial charge in [-0.25, -0.2) is 9.97 Å². The Morgan fingerprint density at radius 3 is 2.54 bits per heavy atom. The van der Waals surface area contributed by atoms with Gasteiger partial charge < -0.3 is 14.8 Å². The number of anilines is 2. The summed E-state index contributed by atoms with van der Waals surface area (Å²) in [6.07, 6.45) is 1.76. The molecule has 2 heterocycles. The van der Waals surface area contributed by atoms with Crippen molar-refractivity contribution in [1.82, 2.24) is 14.9 Å². The summed E-state index contributed by atoms with van der Waals surface area (Å²) in [5.74, 6) is 2.33. The van der Waals surface area contributed by atoms with Crippen LogP contribution in [0.5, 0.6) is 5.75 Å². The highest BCUT2D eigenvalue weighted by atomic mass is 16.5. The molecule has 1 saturated heterocycles. The minimum atomic E-state index is 0.680. The fraction of sp³-hybridized carbons (Fsp3) is 0.273. The average molecular weight is 376 g/mol. The van der Waals surface area contributed by atoms with Gasteiger partial charge in [0.05, 0.1) is 13.2 Å². The molecule has 0 aliphatic carbocycles. The predicted molar refractivity (Wildman–Crippen MR) is 110 cm³/mol. The summed E-state index contributed by atoms with van der Waals surface area (Å²) in [6, 6.07) is 19.7. The van der Waals surface area contributed by atoms with Crippen molar-refractivity contribution >= 4 is 11.5 Å². The summed E-state index contributed by atoms with van der Waals surface area (Å²) in [5, 5.41) is 3.32. The maximum absolute atomic E-state index is 5.86. The Morgan fingerprint density at radius 2 is 1.75 bits per heavy atom. The first-order valence-electron chi connectivity index (χ1n) is 9.55. The topological polar surface area (TPSA) is 59.5 Å². The zero-order valence-corrected chi connectivity index (χ0v) is 15.8. The molecule has 1 fully saturated rings. The van der Waals surface area contributed by atoms with Crippen LogP contribution in [-0.2, 0) is 4.74 Å². The van der Waals surface area contributed by atoms with Crippen LogP contribution in [0.3, 0.4) is 0 Å². The summed E-state index contributed by atoms with van der Waals surface area (Å²) >= 11 is 0. The van der Waals surface area contributed by atoms with Crippen LogP contribution in [0, 0.1) is 0 Å². The molecule has 0 bridgehead atoms. The van der Waals surface area contributed by atoms with Crippen molar-refractivity contribution in [2.75, 3.05) is 44.8 Å². The molecule has 0 atom stereocenters. The lowest BCUT2D eigenvalue weighted by Gasteiger charge is -2.26. The number of benzene rings is 2. The molecule has 2 aromatic carbocycles. The van der Waals surface area contributed by atoms with Crippen LogP contribution < -0.4 is 10.1 Å². The molecule has 1 aromatic heterocycles. The second-order valence-electron chi connectivity index (χ2n) is 6.58. The van der Waals surface area contributed by atoms with E-state index < -0.39 is 0 Å². The molecule has 6 heteroatoms. The van der Waals surface area contributed by atoms with Crippen LogP contribution in [0.25, 0.3) is 11.4 Å². The normalized spacial score (nSPS) is 14.6. The number of nitrogens with zero attached hydrogens (tertiary/aromatic N) is 3. The third-order valence-corrected chi connectivity index (χ3v) is 4.59. The van der Waals surface area contributed by atoms with Crippen molar-refractivity contribution in [2.45, 2.75) is 0 Å². The smallest absolute Gasteiger partial charge is 0.161 e. The van der Waals surface area contributed by atoms with Crippen molar-refractivity contribution in [3.8, 4) is 17.1 Å². The summed E-state index contributed by atoms with van der Waals surface area (Å²) in [4.78, 5) is 11.3. The van der Waals surface area contributed by atoms with Gasteiger partial charge >= 0.3 is 0 Å². The van der Waals surface area contributed by atoms with E-state index in [1.165, 1.54) is 0 Å². The summed E-state index contributed by atoms with van der Waals surface area (Å²) < 4.78 is 11.2. The molecule has 4 rings (SSSR count). The number of rotatable bonds is 7. The Kier molecular flexibility index (Phi) is 6.11. The molecule has 1 aliphatic rings. The second kappa shape index (κ2) is 9.30. The fourth-order valence-corrected chi connectivity index (χ4v) is 3.05. The van der Waals surface area contributed by atoms with Gasteiger partial charge in [-0.15, -0.1) is 0 Å². The number of ether oxygens (including phenoxy) is 2. The predicted octanol–water partition coefficient (Wildman–Crippen LogP) is 3.60. The molecule has 0 amide bonds. The lowest BCUT2D eigenvalue weighted by molar-refractivity contribution is 0.0322. The third-order valence-electron chi connectivity index (χ3n) is 4.59. The molecule has 6 nitrogen and oxygen atoms in total. The summed E-state index contributed by atoms with van der Waals surface area (Å²) in [7, 11) is 0. The molecular formula is C22H24N4O2. The first kappa shape index (κ1) is 18.4. The van der Waals surface area contributed by atoms with Gasteiger partial charge in [-0.3, -0.25) is 4.90 Å². The highest BCUT2D eigenvalue weighted by Gasteiger charge is 2.09. The molecular weight excluding hydrogens is 352 g/mol. The highest BCUT2D eigenvalue weighted by molar-refractivity contribution is 5.61. The van der Waals surface area contributed by atoms with E-state index in [1.54, 1.807) is 6.20 Å². The molecule has 1 aliphatic heterocycles. The van der Waals surface area contributed by atoms with E-state index in [-0.39, 0.29) is 0 Å². The summed E-state index contributed by atoms with van der Waals surface area (Å²) in [6.45, 7) is 5.20. The first-order chi connectivity index (χ1) is 13.9. The first-order valence-corrected chi connectivity index (χ1v) is 9.55. The SMILES string of the molecule is c1ccc(-c2nccc(Nc3ccc(OCCN4CCOCC4)cc3)n2)cc1. The lowest BCUT2D eigenvalue weighted by atomic mass is 10.2. The Morgan fingerprint density at radius 1 is 0.964 bits per heavy atom. The van der Waals surface area contributed by atoms with Crippen LogP contribution in [0.15, 0.2) is 66.9 Å². The fourth-order valence-electron chi connectivity index (χ4n) is 3.05. The Bertz CT molecular complexity index is 865. The van der Waals surface area contributed by atoms with Gasteiger partial charge in [0.15, 0.2) is 5.82 Å². The Hall–Kier alpha value is -2.96. The minimum Gasteiger partial charge on any atom is -0.492 e. The van der Waals surface area contributed by atoms with E-state index in [2.05, 4.69) is 20.2 Å². The molecule has 3 aromatic rings. The van der Waals surface area contributed by atoms with Crippen LogP contribution in [0.1, 0.15) is 0 Å². The standard InChI is InChI=1S/C22H24N4O2/c1-2-4-18(5-3-1)22-23-11-10-21(25-22)24-19-6-8-20(9-7-19)28-17-14-26-12-15-27-16-13-26/h1-11H,12-17H2,(H,23,24,25). The van der Waals surface area contributed by atoms with Crippen LogP contribution in [0.2, 0.25) is 0 Å². The van der Waals surface area contributed by atoms with E-state index in [4.69, 9.17) is 9.47 Å². The Balaban J connectivity index is 1.32. The van der Waals surface area contributed by atoms with Crippen molar-refractivity contribution in [1.29, 1.82) is 0 Å². The van der Waals surface area contributed by atoms with Gasteiger partial charge in [-0.2, -0.15) is 0 Å². The van der Waals surface area contributed by atoms with E-state index in [0.29, 0.717) is 12.4 Å². The van der Waals surface area contributed by atoms with E-state index >= 15 is 0 Å². The number of hydrogen-bond donors (Lipinski definition) is 1. The molecule has 1 N–H and O–H groups in total. The highest BCUT2D eigenvalue weighted by Crippen LogP contribution is 2.21. The van der Waals surface area contributed by atoms with Crippen LogP contribution >= 0.6 is 0 Å². The monoisotopic (exact) mass is 376 g/mol. The van der Waals surface area contributed by atoms with E-state index in [1.807, 2.05) is 60.7 Å². The Labute approximate surface area is 165 Å². The number of nitrogens with one attached hydrogen (secondary N) is 1. The van der Waals surface area contributed by atoms with Crippen molar-refractivity contribution in [2.24, 2.45) is 0 Å².